The number of hydrogen-bond acceptors (Lipinski definition) is 4. The van der Waals surface area contributed by atoms with Crippen molar-refractivity contribution in [1.29, 1.82) is 0 Å². The Morgan fingerprint density at radius 1 is 1.59 bits per heavy atom. The van der Waals surface area contributed by atoms with E-state index in [1.165, 1.54) is 6.08 Å². The molecule has 1 unspecified atom stereocenters. The predicted molar refractivity (Wildman–Crippen MR) is 59.8 cm³/mol. The molecule has 1 aliphatic carbocycles. The number of Topliss-reactive ketones (excluding diaryl/α,β-unsaturated/α-hetero) is 1. The first-order valence-electron chi connectivity index (χ1n) is 5.34. The SMILES string of the molecule is CCOC(OF)C(=O)CC1=CC=C(O)CC=C1. The molecule has 1 atom stereocenters. The molecule has 0 amide bonds. The molecule has 0 heterocycles. The highest BCUT2D eigenvalue weighted by Gasteiger charge is 2.20. The number of aliphatic hydroxyl groups excluding tert-OH is 1. The predicted octanol–water partition coefficient (Wildman–Crippen LogP) is 2.54. The Bertz CT molecular complexity index is 358. The van der Waals surface area contributed by atoms with Gasteiger partial charge in [-0.3, -0.25) is 4.79 Å². The lowest BCUT2D eigenvalue weighted by molar-refractivity contribution is -0.261. The van der Waals surface area contributed by atoms with Crippen molar-refractivity contribution in [2.75, 3.05) is 6.61 Å². The summed E-state index contributed by atoms with van der Waals surface area (Å²) in [6, 6.07) is 0. The van der Waals surface area contributed by atoms with E-state index in [9.17, 15) is 14.4 Å². The van der Waals surface area contributed by atoms with Crippen LogP contribution in [0, 0.1) is 0 Å². The molecule has 5 heteroatoms. The Morgan fingerprint density at radius 2 is 2.35 bits per heavy atom. The highest BCUT2D eigenvalue weighted by molar-refractivity contribution is 5.84. The first kappa shape index (κ1) is 13.6. The van der Waals surface area contributed by atoms with Crippen LogP contribution >= 0.6 is 0 Å². The van der Waals surface area contributed by atoms with Crippen molar-refractivity contribution < 1.29 is 24.1 Å². The average molecular weight is 242 g/mol. The molecule has 0 saturated heterocycles. The molecular weight excluding hydrogens is 227 g/mol. The molecule has 0 aliphatic heterocycles. The largest absolute Gasteiger partial charge is 0.512 e. The van der Waals surface area contributed by atoms with Gasteiger partial charge in [0.15, 0.2) is 5.78 Å². The molecule has 0 fully saturated rings. The second-order valence-corrected chi connectivity index (χ2v) is 3.53. The Balaban J connectivity index is 2.61. The third-order valence-corrected chi connectivity index (χ3v) is 2.19. The molecule has 4 nitrogen and oxygen atoms in total. The molecule has 1 aliphatic rings. The van der Waals surface area contributed by atoms with Gasteiger partial charge in [0.25, 0.3) is 6.29 Å². The maximum atomic E-state index is 12.1. The molecule has 0 bridgehead atoms. The van der Waals surface area contributed by atoms with Crippen molar-refractivity contribution in [2.45, 2.75) is 26.1 Å². The van der Waals surface area contributed by atoms with E-state index in [0.717, 1.165) is 0 Å². The number of halogens is 1. The van der Waals surface area contributed by atoms with Gasteiger partial charge in [0.1, 0.15) is 0 Å². The third-order valence-electron chi connectivity index (χ3n) is 2.19. The fraction of sp³-hybridized carbons (Fsp3) is 0.417. The Labute approximate surface area is 98.9 Å². The van der Waals surface area contributed by atoms with Gasteiger partial charge in [-0.15, -0.1) is 0 Å². The monoisotopic (exact) mass is 242 g/mol. The van der Waals surface area contributed by atoms with Crippen LogP contribution < -0.4 is 0 Å². The molecule has 0 aromatic carbocycles. The topological polar surface area (TPSA) is 55.8 Å². The first-order valence-corrected chi connectivity index (χ1v) is 5.34. The van der Waals surface area contributed by atoms with Gasteiger partial charge in [-0.1, -0.05) is 18.2 Å². The smallest absolute Gasteiger partial charge is 0.256 e. The summed E-state index contributed by atoms with van der Waals surface area (Å²) in [4.78, 5) is 15.0. The lowest BCUT2D eigenvalue weighted by atomic mass is 10.1. The first-order chi connectivity index (χ1) is 8.17. The Hall–Kier alpha value is -1.46. The summed E-state index contributed by atoms with van der Waals surface area (Å²) in [5.41, 5.74) is 0.667. The Kier molecular flexibility index (Phi) is 5.59. The fourth-order valence-electron chi connectivity index (χ4n) is 1.38. The van der Waals surface area contributed by atoms with E-state index in [1.54, 1.807) is 25.2 Å². The number of hydrogen-bond donors (Lipinski definition) is 1. The quantitative estimate of drug-likeness (QED) is 0.727. The number of aliphatic hydroxyl groups is 1. The second kappa shape index (κ2) is 6.98. The minimum absolute atomic E-state index is 0.00509. The summed E-state index contributed by atoms with van der Waals surface area (Å²) >= 11 is 0. The lowest BCUT2D eigenvalue weighted by Gasteiger charge is -2.10. The van der Waals surface area contributed by atoms with Crippen LogP contribution in [0.3, 0.4) is 0 Å². The summed E-state index contributed by atoms with van der Waals surface area (Å²) in [5, 5.41) is 9.25. The van der Waals surface area contributed by atoms with Gasteiger partial charge in [-0.2, -0.15) is 4.94 Å². The third kappa shape index (κ3) is 4.50. The zero-order chi connectivity index (χ0) is 12.7. The van der Waals surface area contributed by atoms with Crippen LogP contribution in [-0.4, -0.2) is 23.8 Å². The zero-order valence-corrected chi connectivity index (χ0v) is 9.56. The molecule has 0 spiro atoms. The Morgan fingerprint density at radius 3 is 3.00 bits per heavy atom. The van der Waals surface area contributed by atoms with Gasteiger partial charge < -0.3 is 9.84 Å². The van der Waals surface area contributed by atoms with Crippen molar-refractivity contribution in [2.24, 2.45) is 0 Å². The van der Waals surface area contributed by atoms with Crippen molar-refractivity contribution in [3.63, 3.8) is 0 Å². The van der Waals surface area contributed by atoms with E-state index < -0.39 is 12.1 Å². The van der Waals surface area contributed by atoms with Crippen molar-refractivity contribution in [1.82, 2.24) is 0 Å². The summed E-state index contributed by atoms with van der Waals surface area (Å²) in [6.45, 7) is 1.83. The summed E-state index contributed by atoms with van der Waals surface area (Å²) in [6.07, 6.45) is 5.49. The average Bonchev–Trinajstić information content (AvgIpc) is 2.51. The number of allylic oxidation sites excluding steroid dienone is 5. The molecule has 1 N–H and O–H groups in total. The van der Waals surface area contributed by atoms with E-state index in [4.69, 9.17) is 4.74 Å². The van der Waals surface area contributed by atoms with Crippen LogP contribution in [-0.2, 0) is 14.5 Å². The van der Waals surface area contributed by atoms with Gasteiger partial charge in [-0.05, 0) is 23.1 Å². The molecular formula is C12H15FO4. The van der Waals surface area contributed by atoms with E-state index in [-0.39, 0.29) is 18.8 Å². The lowest BCUT2D eigenvalue weighted by Crippen LogP contribution is -2.25. The van der Waals surface area contributed by atoms with Crippen molar-refractivity contribution >= 4 is 5.78 Å². The molecule has 94 valence electrons. The fourth-order valence-corrected chi connectivity index (χ4v) is 1.38. The number of carbonyl (C=O) groups excluding carboxylic acids is 1. The van der Waals surface area contributed by atoms with E-state index in [1.807, 2.05) is 0 Å². The van der Waals surface area contributed by atoms with Crippen LogP contribution in [0.15, 0.2) is 35.6 Å². The van der Waals surface area contributed by atoms with Gasteiger partial charge >= 0.3 is 0 Å². The number of ether oxygens (including phenoxy) is 1. The zero-order valence-electron chi connectivity index (χ0n) is 9.56. The van der Waals surface area contributed by atoms with E-state index >= 15 is 0 Å². The number of carbonyl (C=O) groups is 1. The van der Waals surface area contributed by atoms with Gasteiger partial charge in [0.05, 0.1) is 5.76 Å². The summed E-state index contributed by atoms with van der Waals surface area (Å²) < 4.78 is 16.8. The van der Waals surface area contributed by atoms with Crippen molar-refractivity contribution in [3.8, 4) is 0 Å². The number of ketones is 1. The maximum Gasteiger partial charge on any atom is 0.256 e. The van der Waals surface area contributed by atoms with Gasteiger partial charge in [0.2, 0.25) is 0 Å². The van der Waals surface area contributed by atoms with Crippen LogP contribution in [0.2, 0.25) is 0 Å². The summed E-state index contributed by atoms with van der Waals surface area (Å²) in [7, 11) is 0. The van der Waals surface area contributed by atoms with Crippen LogP contribution in [0.1, 0.15) is 19.8 Å². The molecule has 1 rings (SSSR count). The molecule has 0 aromatic rings. The molecule has 17 heavy (non-hydrogen) atoms. The van der Waals surface area contributed by atoms with Gasteiger partial charge in [-0.25, -0.2) is 0 Å². The minimum Gasteiger partial charge on any atom is -0.512 e. The second-order valence-electron chi connectivity index (χ2n) is 3.53. The standard InChI is InChI=1S/C12H15FO4/c1-2-16-12(17-13)11(15)8-9-4-3-5-10(14)7-6-9/h3-4,6-7,12,14H,2,5,8H2,1H3. The van der Waals surface area contributed by atoms with Crippen molar-refractivity contribution in [3.05, 3.63) is 35.6 Å². The number of rotatable bonds is 6. The maximum absolute atomic E-state index is 12.1. The highest BCUT2D eigenvalue weighted by atomic mass is 19.3. The molecule has 0 aromatic heterocycles. The minimum atomic E-state index is -1.48. The van der Waals surface area contributed by atoms with Crippen LogP contribution in [0.4, 0.5) is 4.53 Å². The summed E-state index contributed by atoms with van der Waals surface area (Å²) in [5.74, 6) is -0.285. The van der Waals surface area contributed by atoms with Gasteiger partial charge in [0, 0.05) is 19.4 Å². The van der Waals surface area contributed by atoms with Crippen LogP contribution in [0.5, 0.6) is 0 Å². The molecule has 0 saturated carbocycles. The molecule has 0 radical (unpaired) electrons. The van der Waals surface area contributed by atoms with Crippen LogP contribution in [0.25, 0.3) is 0 Å². The normalized spacial score (nSPS) is 17.1. The van der Waals surface area contributed by atoms with E-state index in [2.05, 4.69) is 4.94 Å². The highest BCUT2D eigenvalue weighted by Crippen LogP contribution is 2.14. The van der Waals surface area contributed by atoms with E-state index in [0.29, 0.717) is 12.0 Å².